The molecule has 0 rings (SSSR count). The van der Waals surface area contributed by atoms with Gasteiger partial charge in [0, 0.05) is 6.42 Å². The average Bonchev–Trinajstić information content (AvgIpc) is 2.32. The Morgan fingerprint density at radius 2 is 1.17 bits per heavy atom. The minimum atomic E-state index is -3.96. The number of hydrogen-bond donors (Lipinski definition) is 0. The topological polar surface area (TPSA) is 0 Å². The lowest BCUT2D eigenvalue weighted by atomic mass is 10.1. The van der Waals surface area contributed by atoms with Gasteiger partial charge in [0.2, 0.25) is 0 Å². The van der Waals surface area contributed by atoms with Crippen LogP contribution < -0.4 is 0 Å². The summed E-state index contributed by atoms with van der Waals surface area (Å²) >= 11 is 0. The van der Waals surface area contributed by atoms with Crippen LogP contribution in [0.4, 0.5) is 13.2 Å². The van der Waals surface area contributed by atoms with Crippen LogP contribution in [0.15, 0.2) is 0 Å². The molecule has 0 heterocycles. The number of unbranched alkanes of at least 4 members (excludes halogenated alkanes) is 4. The minimum Gasteiger partial charge on any atom is -0.171 e. The van der Waals surface area contributed by atoms with Gasteiger partial charge in [-0.1, -0.05) is 70.6 Å². The highest BCUT2D eigenvalue weighted by atomic mass is 28.3. The van der Waals surface area contributed by atoms with Crippen molar-refractivity contribution in [1.29, 1.82) is 0 Å². The largest absolute Gasteiger partial charge is 0.389 e. The lowest BCUT2D eigenvalue weighted by Gasteiger charge is -2.28. The zero-order valence-electron chi connectivity index (χ0n) is 12.2. The van der Waals surface area contributed by atoms with Gasteiger partial charge in [-0.05, 0) is 6.42 Å². The molecule has 0 aromatic heterocycles. The lowest BCUT2D eigenvalue weighted by molar-refractivity contribution is -0.135. The number of halogens is 3. The smallest absolute Gasteiger partial charge is 0.171 e. The standard InChI is InChI=1S/C14H29F3Si/c1-4-18(5-2,6-3)13-11-9-7-8-10-12-14(15,16)17/h4-13H2,1-3H3. The highest BCUT2D eigenvalue weighted by Crippen LogP contribution is 2.28. The van der Waals surface area contributed by atoms with Crippen molar-refractivity contribution < 1.29 is 13.2 Å². The summed E-state index contributed by atoms with van der Waals surface area (Å²) in [5.74, 6) is 0. The monoisotopic (exact) mass is 282 g/mol. The van der Waals surface area contributed by atoms with Gasteiger partial charge < -0.3 is 0 Å². The molecule has 110 valence electrons. The van der Waals surface area contributed by atoms with Crippen LogP contribution in [-0.2, 0) is 0 Å². The van der Waals surface area contributed by atoms with Crippen LogP contribution in [0.25, 0.3) is 0 Å². The maximum absolute atomic E-state index is 11.9. The first kappa shape index (κ1) is 18.0. The molecule has 0 saturated carbocycles. The van der Waals surface area contributed by atoms with Crippen LogP contribution in [0.2, 0.25) is 24.2 Å². The second kappa shape index (κ2) is 9.00. The van der Waals surface area contributed by atoms with Crippen molar-refractivity contribution in [1.82, 2.24) is 0 Å². The molecular weight excluding hydrogens is 253 g/mol. The summed E-state index contributed by atoms with van der Waals surface area (Å²) in [5, 5.41) is 0. The Kier molecular flexibility index (Phi) is 9.00. The van der Waals surface area contributed by atoms with Gasteiger partial charge in [-0.25, -0.2) is 0 Å². The van der Waals surface area contributed by atoms with Gasteiger partial charge in [0.1, 0.15) is 0 Å². The van der Waals surface area contributed by atoms with Crippen molar-refractivity contribution >= 4 is 8.07 Å². The third-order valence-electron chi connectivity index (χ3n) is 4.42. The molecule has 0 aliphatic rings. The maximum Gasteiger partial charge on any atom is 0.389 e. The Hall–Kier alpha value is 0.00688. The highest BCUT2D eigenvalue weighted by Gasteiger charge is 2.26. The molecule has 0 amide bonds. The summed E-state index contributed by atoms with van der Waals surface area (Å²) < 4.78 is 35.8. The van der Waals surface area contributed by atoms with E-state index in [2.05, 4.69) is 20.8 Å². The van der Waals surface area contributed by atoms with E-state index in [9.17, 15) is 13.2 Å². The van der Waals surface area contributed by atoms with Crippen molar-refractivity contribution in [2.75, 3.05) is 0 Å². The van der Waals surface area contributed by atoms with Crippen molar-refractivity contribution in [3.63, 3.8) is 0 Å². The number of hydrogen-bond acceptors (Lipinski definition) is 0. The van der Waals surface area contributed by atoms with Crippen LogP contribution >= 0.6 is 0 Å². The van der Waals surface area contributed by atoms with E-state index in [-0.39, 0.29) is 0 Å². The molecule has 18 heavy (non-hydrogen) atoms. The first-order valence-corrected chi connectivity index (χ1v) is 10.3. The molecule has 0 saturated heterocycles. The highest BCUT2D eigenvalue weighted by molar-refractivity contribution is 6.79. The van der Waals surface area contributed by atoms with Crippen molar-refractivity contribution in [3.8, 4) is 0 Å². The van der Waals surface area contributed by atoms with E-state index >= 15 is 0 Å². The molecule has 0 atom stereocenters. The first-order chi connectivity index (χ1) is 8.39. The molecule has 0 fully saturated rings. The van der Waals surface area contributed by atoms with E-state index in [0.29, 0.717) is 6.42 Å². The summed E-state index contributed by atoms with van der Waals surface area (Å²) in [7, 11) is -0.996. The second-order valence-electron chi connectivity index (χ2n) is 5.44. The van der Waals surface area contributed by atoms with E-state index in [1.165, 1.54) is 30.6 Å². The lowest BCUT2D eigenvalue weighted by Crippen LogP contribution is -2.30. The minimum absolute atomic E-state index is 0.307. The Balaban J connectivity index is 3.56. The van der Waals surface area contributed by atoms with E-state index in [4.69, 9.17) is 0 Å². The molecule has 0 bridgehead atoms. The van der Waals surface area contributed by atoms with E-state index in [1.807, 2.05) is 0 Å². The fraction of sp³-hybridized carbons (Fsp3) is 1.00. The molecule has 0 aromatic rings. The molecule has 0 aliphatic carbocycles. The maximum atomic E-state index is 11.9. The van der Waals surface area contributed by atoms with Gasteiger partial charge in [0.05, 0.1) is 8.07 Å². The average molecular weight is 282 g/mol. The first-order valence-electron chi connectivity index (χ1n) is 7.46. The van der Waals surface area contributed by atoms with E-state index in [0.717, 1.165) is 19.3 Å². The van der Waals surface area contributed by atoms with Crippen LogP contribution in [0.1, 0.15) is 59.3 Å². The van der Waals surface area contributed by atoms with Crippen LogP contribution in [-0.4, -0.2) is 14.3 Å². The third kappa shape index (κ3) is 8.17. The van der Waals surface area contributed by atoms with Crippen LogP contribution in [0.3, 0.4) is 0 Å². The van der Waals surface area contributed by atoms with Gasteiger partial charge in [-0.15, -0.1) is 0 Å². The summed E-state index contributed by atoms with van der Waals surface area (Å²) in [6, 6.07) is 5.44. The second-order valence-corrected chi connectivity index (χ2v) is 11.1. The molecule has 0 aromatic carbocycles. The van der Waals surface area contributed by atoms with Crippen LogP contribution in [0, 0.1) is 0 Å². The van der Waals surface area contributed by atoms with Gasteiger partial charge in [-0.2, -0.15) is 13.2 Å². The molecule has 4 heteroatoms. The van der Waals surface area contributed by atoms with Crippen molar-refractivity contribution in [2.24, 2.45) is 0 Å². The summed E-state index contributed by atoms with van der Waals surface area (Å²) in [5.41, 5.74) is 0. The zero-order valence-corrected chi connectivity index (χ0v) is 13.2. The quantitative estimate of drug-likeness (QED) is 0.321. The number of rotatable bonds is 10. The Morgan fingerprint density at radius 1 is 0.722 bits per heavy atom. The van der Waals surface area contributed by atoms with Gasteiger partial charge in [0.15, 0.2) is 0 Å². The van der Waals surface area contributed by atoms with Crippen molar-refractivity contribution in [3.05, 3.63) is 0 Å². The normalized spacial score (nSPS) is 13.0. The van der Waals surface area contributed by atoms with Gasteiger partial charge in [0.25, 0.3) is 0 Å². The number of alkyl halides is 3. The van der Waals surface area contributed by atoms with Crippen LogP contribution in [0.5, 0.6) is 0 Å². The summed E-state index contributed by atoms with van der Waals surface area (Å²) in [6.45, 7) is 6.92. The Bertz CT molecular complexity index is 189. The predicted molar refractivity (Wildman–Crippen MR) is 75.8 cm³/mol. The molecule has 0 spiro atoms. The summed E-state index contributed by atoms with van der Waals surface area (Å²) in [6.07, 6.45) is -0.211. The Labute approximate surface area is 111 Å². The predicted octanol–water partition coefficient (Wildman–Crippen LogP) is 6.40. The molecule has 0 N–H and O–H groups in total. The fourth-order valence-corrected chi connectivity index (χ4v) is 6.20. The third-order valence-corrected chi connectivity index (χ3v) is 10.3. The Morgan fingerprint density at radius 3 is 1.61 bits per heavy atom. The van der Waals surface area contributed by atoms with Crippen molar-refractivity contribution in [2.45, 2.75) is 89.6 Å². The molecule has 0 radical (unpaired) electrons. The molecule has 0 unspecified atom stereocenters. The van der Waals surface area contributed by atoms with E-state index < -0.39 is 20.7 Å². The fourth-order valence-electron chi connectivity index (χ4n) is 2.64. The van der Waals surface area contributed by atoms with E-state index in [1.54, 1.807) is 0 Å². The molecule has 0 nitrogen and oxygen atoms in total. The molecular formula is C14H29F3Si. The molecule has 0 aliphatic heterocycles. The zero-order chi connectivity index (χ0) is 14.1. The SMILES string of the molecule is CC[Si](CC)(CC)CCCCCCCC(F)(F)F. The summed E-state index contributed by atoms with van der Waals surface area (Å²) in [4.78, 5) is 0. The van der Waals surface area contributed by atoms with Gasteiger partial charge in [-0.3, -0.25) is 0 Å². The van der Waals surface area contributed by atoms with Gasteiger partial charge >= 0.3 is 6.18 Å².